The first-order valence-electron chi connectivity index (χ1n) is 19.3. The second-order valence-corrected chi connectivity index (χ2v) is 23.9. The van der Waals surface area contributed by atoms with Gasteiger partial charge in [0.05, 0.1) is 14.2 Å². The number of benzene rings is 4. The summed E-state index contributed by atoms with van der Waals surface area (Å²) in [4.78, 5) is 22.5. The Morgan fingerprint density at radius 2 is 1.11 bits per heavy atom. The minimum Gasteiger partial charge on any atom is -0.497 e. The van der Waals surface area contributed by atoms with E-state index in [1.54, 1.807) is 14.2 Å². The zero-order chi connectivity index (χ0) is 40.5. The Morgan fingerprint density at radius 3 is 1.61 bits per heavy atom. The van der Waals surface area contributed by atoms with E-state index in [9.17, 15) is 9.59 Å². The van der Waals surface area contributed by atoms with E-state index in [4.69, 9.17) is 23.1 Å². The minimum atomic E-state index is -1.96. The Hall–Kier alpha value is -4.45. The third kappa shape index (κ3) is 15.8. The predicted octanol–water partition coefficient (Wildman–Crippen LogP) is 12.7. The van der Waals surface area contributed by atoms with Gasteiger partial charge in [0.15, 0.2) is 16.6 Å². The lowest BCUT2D eigenvalue weighted by Gasteiger charge is -2.38. The van der Waals surface area contributed by atoms with Gasteiger partial charge in [-0.1, -0.05) is 94.8 Å². The Bertz CT molecular complexity index is 1780. The van der Waals surface area contributed by atoms with E-state index >= 15 is 0 Å². The van der Waals surface area contributed by atoms with Gasteiger partial charge in [-0.25, -0.2) is 0 Å². The van der Waals surface area contributed by atoms with Gasteiger partial charge in [-0.15, -0.1) is 13.2 Å². The van der Waals surface area contributed by atoms with Crippen molar-refractivity contribution in [2.75, 3.05) is 14.2 Å². The molecule has 7 nitrogen and oxygen atoms in total. The van der Waals surface area contributed by atoms with Gasteiger partial charge >= 0.3 is 11.9 Å². The number of rotatable bonds is 14. The molecule has 0 N–H and O–H groups in total. The van der Waals surface area contributed by atoms with E-state index in [0.29, 0.717) is 11.5 Å². The molecule has 1 aliphatic rings. The van der Waals surface area contributed by atoms with Crippen molar-refractivity contribution in [3.63, 3.8) is 0 Å². The van der Waals surface area contributed by atoms with Crippen LogP contribution in [0.15, 0.2) is 110 Å². The van der Waals surface area contributed by atoms with Crippen molar-refractivity contribution >= 4 is 28.6 Å². The number of aryl methyl sites for hydroxylation is 1. The molecule has 5 rings (SSSR count). The number of para-hydroxylation sites is 2. The molecule has 57 heavy (non-hydrogen) atoms. The van der Waals surface area contributed by atoms with E-state index in [2.05, 4.69) is 75.7 Å². The fourth-order valence-corrected chi connectivity index (χ4v) is 16.5. The first-order chi connectivity index (χ1) is 26.3. The summed E-state index contributed by atoms with van der Waals surface area (Å²) < 4.78 is 28.1. The van der Waals surface area contributed by atoms with Crippen molar-refractivity contribution in [1.29, 1.82) is 0 Å². The second kappa shape index (κ2) is 24.4. The number of hydrogen-bond acceptors (Lipinski definition) is 7. The van der Waals surface area contributed by atoms with Gasteiger partial charge < -0.3 is 23.1 Å². The summed E-state index contributed by atoms with van der Waals surface area (Å²) in [5.41, 5.74) is 4.98. The molecule has 9 heteroatoms. The fourth-order valence-electron chi connectivity index (χ4n) is 7.63. The van der Waals surface area contributed by atoms with Crippen LogP contribution in [0.1, 0.15) is 89.5 Å². The van der Waals surface area contributed by atoms with Crippen LogP contribution in [-0.2, 0) is 31.6 Å². The topological polar surface area (TPSA) is 80.3 Å². The molecule has 0 unspecified atom stereocenters. The standard InChI is InChI=1S/C23H34O4Si2.C21H24O3.C2H4.2CH4/c1-19(24)26-23-16-10-8-13-21(23)18-29(5,6)27-28(3,4)17-11-14-20-12-7-9-15-22(20)25-2;1-16(22)24-20-12-8-18(9-13-20)21(14-4-3-5-15-21)17-6-10-19(23-2)11-7-17;1-2;;/h7-10,12-13,15-16H,11,14,17-18H2,1-6H3;6-13H,3-5,14-15H2,1-2H3;1-2H2;2*1H4. The predicted molar refractivity (Wildman–Crippen MR) is 243 cm³/mol. The number of carbonyl (C=O) groups excluding carboxylic acids is 2. The van der Waals surface area contributed by atoms with Gasteiger partial charge in [0, 0.05) is 19.3 Å². The molecule has 4 aromatic carbocycles. The van der Waals surface area contributed by atoms with E-state index in [-0.39, 0.29) is 32.2 Å². The first-order valence-corrected chi connectivity index (χ1v) is 25.5. The van der Waals surface area contributed by atoms with E-state index in [1.165, 1.54) is 49.8 Å². The normalized spacial score (nSPS) is 13.1. The summed E-state index contributed by atoms with van der Waals surface area (Å²) in [6.07, 6.45) is 8.15. The molecule has 0 atom stereocenters. The minimum absolute atomic E-state index is 0. The van der Waals surface area contributed by atoms with Gasteiger partial charge in [0.2, 0.25) is 0 Å². The molecule has 0 heterocycles. The lowest BCUT2D eigenvalue weighted by atomic mass is 9.65. The third-order valence-electron chi connectivity index (χ3n) is 9.83. The number of carbonyl (C=O) groups is 2. The number of methoxy groups -OCH3 is 2. The van der Waals surface area contributed by atoms with Crippen LogP contribution in [0.25, 0.3) is 0 Å². The number of esters is 2. The van der Waals surface area contributed by atoms with E-state index in [0.717, 1.165) is 54.8 Å². The first kappa shape index (κ1) is 50.6. The largest absolute Gasteiger partial charge is 0.497 e. The summed E-state index contributed by atoms with van der Waals surface area (Å²) >= 11 is 0. The highest BCUT2D eigenvalue weighted by Crippen LogP contribution is 2.45. The van der Waals surface area contributed by atoms with Crippen molar-refractivity contribution < 1.29 is 32.7 Å². The molecule has 4 aromatic rings. The maximum atomic E-state index is 11.4. The molecule has 1 saturated carbocycles. The van der Waals surface area contributed by atoms with Crippen LogP contribution in [0.3, 0.4) is 0 Å². The van der Waals surface area contributed by atoms with Gasteiger partial charge in [-0.05, 0) is 123 Å². The summed E-state index contributed by atoms with van der Waals surface area (Å²) in [6.45, 7) is 18.0. The Labute approximate surface area is 347 Å². The number of ether oxygens (including phenoxy) is 4. The highest BCUT2D eigenvalue weighted by atomic mass is 28.4. The van der Waals surface area contributed by atoms with Crippen molar-refractivity contribution in [2.24, 2.45) is 0 Å². The van der Waals surface area contributed by atoms with Crippen LogP contribution in [0.2, 0.25) is 32.2 Å². The monoisotopic (exact) mass is 814 g/mol. The number of hydrogen-bond donors (Lipinski definition) is 0. The molecule has 0 amide bonds. The molecular formula is C48H70O7Si2. The van der Waals surface area contributed by atoms with Crippen molar-refractivity contribution in [2.45, 2.75) is 117 Å². The van der Waals surface area contributed by atoms with Crippen LogP contribution < -0.4 is 18.9 Å². The molecule has 0 aliphatic heterocycles. The zero-order valence-electron chi connectivity index (χ0n) is 34.4. The van der Waals surface area contributed by atoms with Crippen LogP contribution >= 0.6 is 0 Å². The fraction of sp³-hybridized carbons (Fsp3) is 0.417. The molecule has 0 spiro atoms. The molecule has 1 fully saturated rings. The highest BCUT2D eigenvalue weighted by Gasteiger charge is 2.36. The Morgan fingerprint density at radius 1 is 0.614 bits per heavy atom. The zero-order valence-corrected chi connectivity index (χ0v) is 36.4. The van der Waals surface area contributed by atoms with Gasteiger partial charge in [0.25, 0.3) is 0 Å². The lowest BCUT2D eigenvalue weighted by molar-refractivity contribution is -0.132. The Balaban J connectivity index is 0.000000535. The van der Waals surface area contributed by atoms with Gasteiger partial charge in [-0.3, -0.25) is 9.59 Å². The quantitative estimate of drug-likeness (QED) is 0.0543. The maximum Gasteiger partial charge on any atom is 0.308 e. The van der Waals surface area contributed by atoms with E-state index in [1.807, 2.05) is 60.7 Å². The van der Waals surface area contributed by atoms with E-state index < -0.39 is 16.6 Å². The van der Waals surface area contributed by atoms with Crippen LogP contribution in [0.4, 0.5) is 0 Å². The molecule has 0 aromatic heterocycles. The van der Waals surface area contributed by atoms with Gasteiger partial charge in [-0.2, -0.15) is 0 Å². The molecule has 0 bridgehead atoms. The van der Waals surface area contributed by atoms with Crippen molar-refractivity contribution in [3.05, 3.63) is 132 Å². The van der Waals surface area contributed by atoms with Gasteiger partial charge in [0.1, 0.15) is 23.0 Å². The van der Waals surface area contributed by atoms with Crippen molar-refractivity contribution in [3.8, 4) is 23.0 Å². The molecular weight excluding hydrogens is 745 g/mol. The molecule has 312 valence electrons. The molecule has 0 saturated heterocycles. The average molecular weight is 815 g/mol. The second-order valence-electron chi connectivity index (χ2n) is 15.2. The Kier molecular flexibility index (Phi) is 21.6. The maximum absolute atomic E-state index is 11.4. The van der Waals surface area contributed by atoms with Crippen molar-refractivity contribution in [1.82, 2.24) is 0 Å². The highest BCUT2D eigenvalue weighted by molar-refractivity contribution is 6.84. The average Bonchev–Trinajstić information content (AvgIpc) is 3.16. The molecule has 1 aliphatic carbocycles. The third-order valence-corrected chi connectivity index (χ3v) is 17.0. The van der Waals surface area contributed by atoms with Crippen LogP contribution in [0.5, 0.6) is 23.0 Å². The van der Waals surface area contributed by atoms with Crippen LogP contribution in [-0.4, -0.2) is 42.8 Å². The summed E-state index contributed by atoms with van der Waals surface area (Å²) in [5.74, 6) is 2.53. The van der Waals surface area contributed by atoms with Crippen LogP contribution in [0, 0.1) is 0 Å². The SMILES string of the molecule is C.C.C=C.COc1ccc(C2(c3ccc(OC(C)=O)cc3)CCCCC2)cc1.COc1ccccc1CCC[Si](C)(C)O[Si](C)(C)Cc1ccccc1OC(C)=O. The summed E-state index contributed by atoms with van der Waals surface area (Å²) in [7, 11) is -0.355. The summed E-state index contributed by atoms with van der Waals surface area (Å²) in [6, 6.07) is 34.4. The smallest absolute Gasteiger partial charge is 0.308 e. The summed E-state index contributed by atoms with van der Waals surface area (Å²) in [5, 5.41) is 0. The molecule has 0 radical (unpaired) electrons. The lowest BCUT2D eigenvalue weighted by Crippen LogP contribution is -2.46.